The molecule has 43 heavy (non-hydrogen) atoms. The highest BCUT2D eigenvalue weighted by Gasteiger charge is 2.35. The zero-order valence-corrected chi connectivity index (χ0v) is 27.5. The van der Waals surface area contributed by atoms with Crippen LogP contribution in [0.4, 0.5) is 0 Å². The summed E-state index contributed by atoms with van der Waals surface area (Å²) in [5, 5.41) is 0. The van der Waals surface area contributed by atoms with E-state index < -0.39 is 20.2 Å². The molecule has 0 heterocycles. The fourth-order valence-corrected chi connectivity index (χ4v) is 9.85. The van der Waals surface area contributed by atoms with Crippen LogP contribution < -0.4 is 4.74 Å². The Kier molecular flexibility index (Phi) is 9.96. The van der Waals surface area contributed by atoms with Crippen molar-refractivity contribution >= 4 is 20.2 Å². The van der Waals surface area contributed by atoms with Crippen molar-refractivity contribution in [2.75, 3.05) is 0 Å². The number of ether oxygens (including phenoxy) is 1. The van der Waals surface area contributed by atoms with Crippen LogP contribution in [0.5, 0.6) is 5.75 Å². The number of benzene rings is 2. The second-order valence-electron chi connectivity index (χ2n) is 13.6. The molecular weight excluding hydrogens is 585 g/mol. The molecule has 3 fully saturated rings. The first kappa shape index (κ1) is 32.5. The predicted molar refractivity (Wildman–Crippen MR) is 169 cm³/mol. The van der Waals surface area contributed by atoms with E-state index in [2.05, 4.69) is 12.1 Å². The Balaban J connectivity index is 1.52. The molecule has 0 saturated heterocycles. The van der Waals surface area contributed by atoms with Crippen molar-refractivity contribution in [1.82, 2.24) is 0 Å². The third-order valence-electron chi connectivity index (χ3n) is 10.1. The Hall–Kier alpha value is -1.94. The highest BCUT2D eigenvalue weighted by Crippen LogP contribution is 2.46. The molecule has 0 aromatic heterocycles. The average Bonchev–Trinajstić information content (AvgIpc) is 2.97. The van der Waals surface area contributed by atoms with Gasteiger partial charge in [-0.3, -0.25) is 9.11 Å². The molecule has 7 nitrogen and oxygen atoms in total. The van der Waals surface area contributed by atoms with Crippen molar-refractivity contribution in [2.45, 2.75) is 150 Å². The first-order valence-corrected chi connectivity index (χ1v) is 19.1. The quantitative estimate of drug-likeness (QED) is 0.279. The molecule has 2 atom stereocenters. The van der Waals surface area contributed by atoms with Gasteiger partial charge in [0.2, 0.25) is 0 Å². The second-order valence-corrected chi connectivity index (χ2v) is 16.3. The van der Waals surface area contributed by atoms with Gasteiger partial charge in [0, 0.05) is 0 Å². The number of hydrogen-bond acceptors (Lipinski definition) is 5. The molecule has 0 radical (unpaired) electrons. The van der Waals surface area contributed by atoms with Crippen molar-refractivity contribution in [3.05, 3.63) is 52.1 Å². The molecule has 5 rings (SSSR count). The fraction of sp³-hybridized carbons (Fsp3) is 0.647. The summed E-state index contributed by atoms with van der Waals surface area (Å²) in [4.78, 5) is 0.0434. The molecule has 2 unspecified atom stereocenters. The third kappa shape index (κ3) is 7.48. The summed E-state index contributed by atoms with van der Waals surface area (Å²) in [6.45, 7) is 5.52. The van der Waals surface area contributed by atoms with Gasteiger partial charge in [-0.2, -0.15) is 16.8 Å². The number of aryl methyl sites for hydroxylation is 1. The van der Waals surface area contributed by atoms with Crippen LogP contribution >= 0.6 is 0 Å². The monoisotopic (exact) mass is 632 g/mol. The van der Waals surface area contributed by atoms with Crippen LogP contribution in [0.15, 0.2) is 34.1 Å². The first-order chi connectivity index (χ1) is 20.3. The maximum atomic E-state index is 13.1. The van der Waals surface area contributed by atoms with Crippen LogP contribution in [-0.4, -0.2) is 32.0 Å². The number of rotatable bonds is 8. The average molecular weight is 633 g/mol. The minimum Gasteiger partial charge on any atom is -0.490 e. The normalized spacial score (nSPS) is 23.0. The van der Waals surface area contributed by atoms with Crippen molar-refractivity contribution in [2.24, 2.45) is 0 Å². The molecule has 0 bridgehead atoms. The minimum atomic E-state index is -4.45. The SMILES string of the molecule is Cc1cc(S(=O)(=O)O)c(C(C)C)cc1OC1CCCC(c2cc(C3CCCCC3)cc(C3CCCCC3)c2S(=O)(=O)O)C1. The minimum absolute atomic E-state index is 0.0801. The smallest absolute Gasteiger partial charge is 0.295 e. The first-order valence-electron chi connectivity index (χ1n) is 16.3. The van der Waals surface area contributed by atoms with Gasteiger partial charge in [-0.1, -0.05) is 64.5 Å². The van der Waals surface area contributed by atoms with E-state index in [1.54, 1.807) is 13.0 Å². The summed E-state index contributed by atoms with van der Waals surface area (Å²) in [6, 6.07) is 7.42. The van der Waals surface area contributed by atoms with E-state index in [0.717, 1.165) is 75.3 Å². The molecule has 3 aliphatic carbocycles. The standard InChI is InChI=1S/C34H48O7S2/c1-22(2)29-21-32(23(3)17-33(29)42(35,36)37)41-28-16-10-15-26(18-28)31-20-27(24-11-6-4-7-12-24)19-30(34(31)43(38,39)40)25-13-8-5-9-14-25/h17,19-22,24-26,28H,4-16,18H2,1-3H3,(H,35,36,37)(H,38,39,40). The zero-order chi connectivity index (χ0) is 30.9. The van der Waals surface area contributed by atoms with Crippen LogP contribution in [0.2, 0.25) is 0 Å². The Morgan fingerprint density at radius 2 is 1.26 bits per heavy atom. The molecule has 2 aromatic rings. The zero-order valence-electron chi connectivity index (χ0n) is 25.8. The molecule has 2 aromatic carbocycles. The molecule has 2 N–H and O–H groups in total. The van der Waals surface area contributed by atoms with E-state index in [9.17, 15) is 25.9 Å². The van der Waals surface area contributed by atoms with Crippen LogP contribution in [-0.2, 0) is 20.2 Å². The molecule has 238 valence electrons. The van der Waals surface area contributed by atoms with Gasteiger partial charge in [-0.15, -0.1) is 0 Å². The van der Waals surface area contributed by atoms with Gasteiger partial charge >= 0.3 is 0 Å². The highest BCUT2D eigenvalue weighted by atomic mass is 32.2. The van der Waals surface area contributed by atoms with Crippen molar-refractivity contribution in [3.8, 4) is 5.75 Å². The largest absolute Gasteiger partial charge is 0.490 e. The van der Waals surface area contributed by atoms with Gasteiger partial charge < -0.3 is 4.74 Å². The van der Waals surface area contributed by atoms with Crippen molar-refractivity contribution in [1.29, 1.82) is 0 Å². The van der Waals surface area contributed by atoms with Gasteiger partial charge in [0.15, 0.2) is 0 Å². The Labute approximate surface area is 258 Å². The van der Waals surface area contributed by atoms with Crippen LogP contribution in [0, 0.1) is 6.92 Å². The van der Waals surface area contributed by atoms with E-state index in [1.807, 2.05) is 13.8 Å². The molecular formula is C34H48O7S2. The molecule has 3 saturated carbocycles. The van der Waals surface area contributed by atoms with Gasteiger partial charge in [0.05, 0.1) is 11.0 Å². The lowest BCUT2D eigenvalue weighted by Gasteiger charge is -2.34. The van der Waals surface area contributed by atoms with Crippen LogP contribution in [0.3, 0.4) is 0 Å². The van der Waals surface area contributed by atoms with Crippen LogP contribution in [0.25, 0.3) is 0 Å². The summed E-state index contributed by atoms with van der Waals surface area (Å²) in [5.41, 5.74) is 3.92. The Bertz CT molecular complexity index is 1520. The summed E-state index contributed by atoms with van der Waals surface area (Å²) in [6.07, 6.45) is 13.9. The van der Waals surface area contributed by atoms with Crippen molar-refractivity contribution < 1.29 is 30.7 Å². The summed E-state index contributed by atoms with van der Waals surface area (Å²) in [5.74, 6) is 0.914. The Morgan fingerprint density at radius 1 is 0.698 bits per heavy atom. The Morgan fingerprint density at radius 3 is 1.81 bits per heavy atom. The lowest BCUT2D eigenvalue weighted by molar-refractivity contribution is 0.141. The van der Waals surface area contributed by atoms with E-state index >= 15 is 0 Å². The van der Waals surface area contributed by atoms with E-state index in [0.29, 0.717) is 29.2 Å². The fourth-order valence-electron chi connectivity index (χ4n) is 7.88. The molecule has 0 amide bonds. The lowest BCUT2D eigenvalue weighted by atomic mass is 9.75. The lowest BCUT2D eigenvalue weighted by Crippen LogP contribution is -2.26. The summed E-state index contributed by atoms with van der Waals surface area (Å²) >= 11 is 0. The van der Waals surface area contributed by atoms with Gasteiger partial charge in [0.1, 0.15) is 10.6 Å². The summed E-state index contributed by atoms with van der Waals surface area (Å²) in [7, 11) is -8.83. The van der Waals surface area contributed by atoms with E-state index in [4.69, 9.17) is 4.74 Å². The molecule has 0 spiro atoms. The molecule has 9 heteroatoms. The maximum absolute atomic E-state index is 13.1. The maximum Gasteiger partial charge on any atom is 0.295 e. The number of hydrogen-bond donors (Lipinski definition) is 2. The van der Waals surface area contributed by atoms with E-state index in [1.165, 1.54) is 30.9 Å². The van der Waals surface area contributed by atoms with Gasteiger partial charge in [0.25, 0.3) is 20.2 Å². The molecule has 0 aliphatic heterocycles. The highest BCUT2D eigenvalue weighted by molar-refractivity contribution is 7.86. The summed E-state index contributed by atoms with van der Waals surface area (Å²) < 4.78 is 77.4. The van der Waals surface area contributed by atoms with E-state index in [-0.39, 0.29) is 33.6 Å². The van der Waals surface area contributed by atoms with Gasteiger partial charge in [-0.25, -0.2) is 0 Å². The third-order valence-corrected chi connectivity index (χ3v) is 12.0. The topological polar surface area (TPSA) is 118 Å². The molecule has 3 aliphatic rings. The predicted octanol–water partition coefficient (Wildman–Crippen LogP) is 8.81. The van der Waals surface area contributed by atoms with Crippen LogP contribution in [0.1, 0.15) is 155 Å². The van der Waals surface area contributed by atoms with Crippen molar-refractivity contribution in [3.63, 3.8) is 0 Å². The second kappa shape index (κ2) is 13.2. The van der Waals surface area contributed by atoms with Gasteiger partial charge in [-0.05, 0) is 122 Å².